The van der Waals surface area contributed by atoms with Crippen LogP contribution in [0.4, 0.5) is 0 Å². The Bertz CT molecular complexity index is 1000. The van der Waals surface area contributed by atoms with Crippen molar-refractivity contribution in [1.82, 2.24) is 5.32 Å². The van der Waals surface area contributed by atoms with Crippen LogP contribution in [0.25, 0.3) is 0 Å². The molecule has 50 heavy (non-hydrogen) atoms. The van der Waals surface area contributed by atoms with Gasteiger partial charge in [0, 0.05) is 12.8 Å². The lowest BCUT2D eigenvalue weighted by Gasteiger charge is -2.18. The second kappa shape index (κ2) is 33.8. The molecule has 12 heteroatoms. The predicted octanol–water partition coefficient (Wildman–Crippen LogP) is 8.88. The van der Waals surface area contributed by atoms with Crippen molar-refractivity contribution < 1.29 is 47.8 Å². The number of phosphoric ester groups is 1. The van der Waals surface area contributed by atoms with Crippen LogP contribution in [-0.4, -0.2) is 64.9 Å². The molecule has 4 N–H and O–H groups in total. The summed E-state index contributed by atoms with van der Waals surface area (Å²) in [7, 11) is -4.75. The van der Waals surface area contributed by atoms with Crippen molar-refractivity contribution in [3.63, 3.8) is 0 Å². The number of hydrogen-bond acceptors (Lipinski definition) is 8. The van der Waals surface area contributed by atoms with Crippen molar-refractivity contribution in [2.75, 3.05) is 19.8 Å². The van der Waals surface area contributed by atoms with Crippen molar-refractivity contribution in [2.45, 2.75) is 167 Å². The first-order chi connectivity index (χ1) is 24.1. The Morgan fingerprint density at radius 1 is 0.660 bits per heavy atom. The first-order valence-electron chi connectivity index (χ1n) is 19.0. The average Bonchev–Trinajstić information content (AvgIpc) is 3.08. The Kier molecular flexibility index (Phi) is 32.3. The number of carbonyl (C=O) groups excluding carboxylic acids is 2. The summed E-state index contributed by atoms with van der Waals surface area (Å²) in [4.78, 5) is 45.6. The van der Waals surface area contributed by atoms with Crippen LogP contribution in [0.3, 0.4) is 0 Å². The highest BCUT2D eigenvalue weighted by atomic mass is 31.2. The lowest BCUT2D eigenvalue weighted by molar-refractivity contribution is -0.147. The molecule has 0 aromatic rings. The normalized spacial score (nSPS) is 14.3. The standard InChI is InChI=1S/C38H68NO10P/c1-3-5-7-9-11-13-14-15-16-17-18-19-20-22-23-25-27-29-36(41)39-35(38(43)44)33-49-50(45,46)48-32-34(40)31-47-37(42)30-28-26-24-21-12-10-8-6-4-2/h5,7,11,13,15-16,34-35,40H,3-4,6,8-10,12,14,17-33H2,1-2H3,(H,39,41)(H,43,44)(H,45,46)/b7-5-,13-11-,16-15-. The number of carboxylic acids is 1. The van der Waals surface area contributed by atoms with E-state index in [9.17, 15) is 34.1 Å². The van der Waals surface area contributed by atoms with Gasteiger partial charge in [-0.3, -0.25) is 18.6 Å². The summed E-state index contributed by atoms with van der Waals surface area (Å²) >= 11 is 0. The Morgan fingerprint density at radius 3 is 1.74 bits per heavy atom. The van der Waals surface area contributed by atoms with E-state index in [0.29, 0.717) is 12.8 Å². The monoisotopic (exact) mass is 729 g/mol. The quantitative estimate of drug-likeness (QED) is 0.0214. The van der Waals surface area contributed by atoms with E-state index in [1.54, 1.807) is 0 Å². The average molecular weight is 730 g/mol. The Labute approximate surface area is 301 Å². The largest absolute Gasteiger partial charge is 0.480 e. The number of unbranched alkanes of at least 4 members (excludes halogenated alkanes) is 15. The lowest BCUT2D eigenvalue weighted by Crippen LogP contribution is -2.43. The van der Waals surface area contributed by atoms with Crippen LogP contribution in [0, 0.1) is 0 Å². The highest BCUT2D eigenvalue weighted by Crippen LogP contribution is 2.43. The molecular weight excluding hydrogens is 661 g/mol. The number of aliphatic hydroxyl groups excluding tert-OH is 1. The van der Waals surface area contributed by atoms with Crippen molar-refractivity contribution in [1.29, 1.82) is 0 Å². The Morgan fingerprint density at radius 2 is 1.16 bits per heavy atom. The molecule has 290 valence electrons. The topological polar surface area (TPSA) is 169 Å². The molecule has 0 bridgehead atoms. The minimum absolute atomic E-state index is 0.134. The molecule has 0 aliphatic heterocycles. The molecule has 0 spiro atoms. The fraction of sp³-hybridized carbons (Fsp3) is 0.763. The maximum atomic E-state index is 12.3. The van der Waals surface area contributed by atoms with Gasteiger partial charge in [-0.15, -0.1) is 0 Å². The van der Waals surface area contributed by atoms with Gasteiger partial charge in [-0.25, -0.2) is 9.36 Å². The number of phosphoric acid groups is 1. The molecule has 1 amide bonds. The van der Waals surface area contributed by atoms with E-state index in [-0.39, 0.29) is 12.8 Å². The molecule has 0 rings (SSSR count). The molecule has 0 heterocycles. The number of allylic oxidation sites excluding steroid dienone is 6. The molecule has 11 nitrogen and oxygen atoms in total. The van der Waals surface area contributed by atoms with Gasteiger partial charge >= 0.3 is 19.8 Å². The Hall–Kier alpha value is -2.30. The first-order valence-corrected chi connectivity index (χ1v) is 20.5. The summed E-state index contributed by atoms with van der Waals surface area (Å²) in [5, 5.41) is 21.7. The van der Waals surface area contributed by atoms with Crippen molar-refractivity contribution >= 4 is 25.7 Å². The predicted molar refractivity (Wildman–Crippen MR) is 199 cm³/mol. The summed E-state index contributed by atoms with van der Waals surface area (Å²) in [5.41, 5.74) is 0. The third kappa shape index (κ3) is 32.9. The van der Waals surface area contributed by atoms with Crippen LogP contribution >= 0.6 is 7.82 Å². The molecule has 3 atom stereocenters. The second-order valence-corrected chi connectivity index (χ2v) is 14.2. The highest BCUT2D eigenvalue weighted by molar-refractivity contribution is 7.47. The van der Waals surface area contributed by atoms with Gasteiger partial charge in [-0.2, -0.15) is 0 Å². The van der Waals surface area contributed by atoms with E-state index in [1.165, 1.54) is 32.1 Å². The number of esters is 1. The van der Waals surface area contributed by atoms with E-state index in [1.807, 2.05) is 0 Å². The van der Waals surface area contributed by atoms with Gasteiger partial charge < -0.3 is 25.2 Å². The summed E-state index contributed by atoms with van der Waals surface area (Å²) in [6.45, 7) is 2.42. The smallest absolute Gasteiger partial charge is 0.472 e. The highest BCUT2D eigenvalue weighted by Gasteiger charge is 2.28. The fourth-order valence-corrected chi connectivity index (χ4v) is 5.75. The molecule has 0 aliphatic rings. The number of aliphatic carboxylic acids is 1. The number of rotatable bonds is 35. The van der Waals surface area contributed by atoms with E-state index < -0.39 is 57.6 Å². The van der Waals surface area contributed by atoms with Gasteiger partial charge in [0.15, 0.2) is 6.04 Å². The maximum absolute atomic E-state index is 12.3. The third-order valence-electron chi connectivity index (χ3n) is 7.94. The number of carboxylic acid groups (broad SMARTS) is 1. The summed E-state index contributed by atoms with van der Waals surface area (Å²) in [6.07, 6.45) is 33.2. The SMILES string of the molecule is CC/C=C\C/C=C\C/C=C\CCCCCCCCCC(=O)NC(COP(=O)(O)OCC(O)COC(=O)CCCCCCCCCCC)C(=O)O. The fourth-order valence-electron chi connectivity index (χ4n) is 4.98. The van der Waals surface area contributed by atoms with Crippen molar-refractivity contribution in [3.8, 4) is 0 Å². The molecule has 0 saturated carbocycles. The number of nitrogens with one attached hydrogen (secondary N) is 1. The molecule has 0 aliphatic carbocycles. The van der Waals surface area contributed by atoms with Gasteiger partial charge in [-0.1, -0.05) is 134 Å². The van der Waals surface area contributed by atoms with Gasteiger partial charge in [0.1, 0.15) is 12.7 Å². The number of amides is 1. The molecule has 0 fully saturated rings. The van der Waals surface area contributed by atoms with Gasteiger partial charge in [0.05, 0.1) is 13.2 Å². The van der Waals surface area contributed by atoms with Gasteiger partial charge in [-0.05, 0) is 44.9 Å². The summed E-state index contributed by atoms with van der Waals surface area (Å²) in [6, 6.07) is -1.55. The van der Waals surface area contributed by atoms with E-state index in [0.717, 1.165) is 83.5 Å². The third-order valence-corrected chi connectivity index (χ3v) is 8.89. The van der Waals surface area contributed by atoms with E-state index in [4.69, 9.17) is 13.8 Å². The van der Waals surface area contributed by atoms with E-state index in [2.05, 4.69) is 55.6 Å². The minimum Gasteiger partial charge on any atom is -0.480 e. The van der Waals surface area contributed by atoms with Crippen LogP contribution in [0.1, 0.15) is 155 Å². The molecule has 0 radical (unpaired) electrons. The minimum atomic E-state index is -4.75. The van der Waals surface area contributed by atoms with E-state index >= 15 is 0 Å². The van der Waals surface area contributed by atoms with Crippen LogP contribution in [0.2, 0.25) is 0 Å². The molecule has 0 saturated heterocycles. The van der Waals surface area contributed by atoms with Crippen LogP contribution in [0.5, 0.6) is 0 Å². The van der Waals surface area contributed by atoms with Crippen molar-refractivity contribution in [3.05, 3.63) is 36.5 Å². The summed E-state index contributed by atoms with van der Waals surface area (Å²) < 4.78 is 26.7. The number of hydrogen-bond donors (Lipinski definition) is 4. The van der Waals surface area contributed by atoms with Gasteiger partial charge in [0.25, 0.3) is 0 Å². The maximum Gasteiger partial charge on any atom is 0.472 e. The van der Waals surface area contributed by atoms with Crippen LogP contribution in [0.15, 0.2) is 36.5 Å². The Balaban J connectivity index is 3.98. The first kappa shape index (κ1) is 47.7. The second-order valence-electron chi connectivity index (χ2n) is 12.7. The summed E-state index contributed by atoms with van der Waals surface area (Å²) in [5.74, 6) is -2.39. The van der Waals surface area contributed by atoms with Crippen molar-refractivity contribution in [2.24, 2.45) is 0 Å². The molecule has 3 unspecified atom stereocenters. The number of ether oxygens (including phenoxy) is 1. The zero-order valence-electron chi connectivity index (χ0n) is 30.9. The zero-order valence-corrected chi connectivity index (χ0v) is 31.8. The molecule has 0 aromatic carbocycles. The zero-order chi connectivity index (χ0) is 37.1. The number of carbonyl (C=O) groups is 3. The van der Waals surface area contributed by atoms with Gasteiger partial charge in [0.2, 0.25) is 5.91 Å². The van der Waals surface area contributed by atoms with Crippen LogP contribution < -0.4 is 5.32 Å². The lowest BCUT2D eigenvalue weighted by atomic mass is 10.1. The molecule has 0 aromatic heterocycles. The number of aliphatic hydroxyl groups is 1. The van der Waals surface area contributed by atoms with Crippen LogP contribution in [-0.2, 0) is 32.7 Å². The molecular formula is C38H68NO10P.